The van der Waals surface area contributed by atoms with E-state index in [2.05, 4.69) is 12.1 Å². The molecule has 0 aromatic heterocycles. The van der Waals surface area contributed by atoms with Crippen LogP contribution in [0.2, 0.25) is 0 Å². The molecule has 0 saturated carbocycles. The largest absolute Gasteiger partial charge is 0.422 e. The number of hydrogen-bond acceptors (Lipinski definition) is 4. The van der Waals surface area contributed by atoms with E-state index in [0.717, 1.165) is 17.5 Å². The zero-order valence-electron chi connectivity index (χ0n) is 16.8. The van der Waals surface area contributed by atoms with Crippen LogP contribution < -0.4 is 9.47 Å². The Morgan fingerprint density at radius 1 is 0.750 bits per heavy atom. The fourth-order valence-corrected chi connectivity index (χ4v) is 4.51. The van der Waals surface area contributed by atoms with E-state index in [1.54, 1.807) is 6.07 Å². The summed E-state index contributed by atoms with van der Waals surface area (Å²) >= 11 is 0. The topological polar surface area (TPSA) is 52.6 Å². The van der Waals surface area contributed by atoms with Gasteiger partial charge in [-0.05, 0) is 41.0 Å². The minimum absolute atomic E-state index is 0.0153. The van der Waals surface area contributed by atoms with E-state index < -0.39 is 11.8 Å². The molecule has 2 aromatic rings. The molecule has 1 aliphatic heterocycles. The average molecular weight is 378 g/mol. The van der Waals surface area contributed by atoms with Crippen molar-refractivity contribution in [3.05, 3.63) is 58.7 Å². The summed E-state index contributed by atoms with van der Waals surface area (Å²) in [6.07, 6.45) is 1.45. The van der Waals surface area contributed by atoms with Gasteiger partial charge in [0, 0.05) is 12.0 Å². The summed E-state index contributed by atoms with van der Waals surface area (Å²) in [5, 5.41) is 0. The van der Waals surface area contributed by atoms with E-state index in [0.29, 0.717) is 17.9 Å². The second-order valence-electron chi connectivity index (χ2n) is 8.53. The van der Waals surface area contributed by atoms with E-state index in [9.17, 15) is 9.59 Å². The van der Waals surface area contributed by atoms with Gasteiger partial charge in [-0.2, -0.15) is 0 Å². The minimum atomic E-state index is -0.521. The van der Waals surface area contributed by atoms with Gasteiger partial charge >= 0.3 is 11.9 Å². The highest BCUT2D eigenvalue weighted by Crippen LogP contribution is 2.43. The molecule has 2 unspecified atom stereocenters. The third-order valence-corrected chi connectivity index (χ3v) is 5.97. The van der Waals surface area contributed by atoms with Crippen LogP contribution in [0, 0.1) is 23.7 Å². The first kappa shape index (κ1) is 18.7. The molecule has 0 fully saturated rings. The molecule has 2 aliphatic rings. The second-order valence-corrected chi connectivity index (χ2v) is 8.53. The van der Waals surface area contributed by atoms with Crippen LogP contribution in [-0.4, -0.2) is 11.9 Å². The maximum absolute atomic E-state index is 13.1. The van der Waals surface area contributed by atoms with Crippen molar-refractivity contribution in [2.75, 3.05) is 0 Å². The quantitative estimate of drug-likeness (QED) is 0.485. The molecule has 0 bridgehead atoms. The van der Waals surface area contributed by atoms with Crippen molar-refractivity contribution in [3.8, 4) is 11.5 Å². The van der Waals surface area contributed by atoms with Gasteiger partial charge in [0.15, 0.2) is 11.5 Å². The van der Waals surface area contributed by atoms with Gasteiger partial charge in [0.2, 0.25) is 0 Å². The van der Waals surface area contributed by atoms with Gasteiger partial charge in [0.05, 0.1) is 11.8 Å². The van der Waals surface area contributed by atoms with Gasteiger partial charge in [0.1, 0.15) is 0 Å². The fourth-order valence-electron chi connectivity index (χ4n) is 4.51. The van der Waals surface area contributed by atoms with Crippen molar-refractivity contribution in [2.45, 2.75) is 40.5 Å². The molecule has 0 N–H and O–H groups in total. The van der Waals surface area contributed by atoms with Gasteiger partial charge in [-0.1, -0.05) is 58.0 Å². The standard InChI is InChI=1S/C24H26O4/c1-13(2)20-21(14(3)4)24(26)28-22-18-12-16-8-6-5-7-15(16)11-17(18)9-10-19(22)27-23(20)25/h5-10,13-14,20-21H,11-12H2,1-4H3. The molecule has 4 rings (SSSR count). The molecule has 1 aliphatic carbocycles. The van der Waals surface area contributed by atoms with Crippen LogP contribution in [0.5, 0.6) is 11.5 Å². The molecule has 0 saturated heterocycles. The van der Waals surface area contributed by atoms with Crippen molar-refractivity contribution >= 4 is 11.9 Å². The summed E-state index contributed by atoms with van der Waals surface area (Å²) in [5.41, 5.74) is 4.56. The third kappa shape index (κ3) is 3.11. The highest BCUT2D eigenvalue weighted by Gasteiger charge is 2.43. The Hall–Kier alpha value is -2.62. The monoisotopic (exact) mass is 378 g/mol. The molecule has 0 amide bonds. The van der Waals surface area contributed by atoms with Crippen LogP contribution in [0.15, 0.2) is 36.4 Å². The molecule has 0 spiro atoms. The SMILES string of the molecule is CC(C)C1C(=O)Oc2ccc3c(c2OC(=O)C1C(C)C)Cc1ccccc1C3. The highest BCUT2D eigenvalue weighted by molar-refractivity contribution is 5.87. The molecule has 0 radical (unpaired) electrons. The van der Waals surface area contributed by atoms with Crippen LogP contribution in [-0.2, 0) is 22.4 Å². The van der Waals surface area contributed by atoms with E-state index in [1.807, 2.05) is 45.9 Å². The predicted molar refractivity (Wildman–Crippen MR) is 106 cm³/mol. The van der Waals surface area contributed by atoms with Crippen molar-refractivity contribution in [1.29, 1.82) is 0 Å². The molecule has 146 valence electrons. The number of ether oxygens (including phenoxy) is 2. The van der Waals surface area contributed by atoms with Crippen LogP contribution in [0.4, 0.5) is 0 Å². The van der Waals surface area contributed by atoms with Crippen LogP contribution in [0.3, 0.4) is 0 Å². The Balaban J connectivity index is 1.80. The summed E-state index contributed by atoms with van der Waals surface area (Å²) in [7, 11) is 0. The lowest BCUT2D eigenvalue weighted by atomic mass is 9.77. The van der Waals surface area contributed by atoms with Crippen molar-refractivity contribution in [3.63, 3.8) is 0 Å². The maximum Gasteiger partial charge on any atom is 0.315 e. The zero-order valence-corrected chi connectivity index (χ0v) is 16.8. The Labute approximate surface area is 165 Å². The molecular weight excluding hydrogens is 352 g/mol. The first-order chi connectivity index (χ1) is 13.4. The van der Waals surface area contributed by atoms with Gasteiger partial charge < -0.3 is 9.47 Å². The molecule has 2 aromatic carbocycles. The van der Waals surface area contributed by atoms with Crippen LogP contribution >= 0.6 is 0 Å². The predicted octanol–water partition coefficient (Wildman–Crippen LogP) is 4.55. The summed E-state index contributed by atoms with van der Waals surface area (Å²) in [4.78, 5) is 26.1. The number of esters is 2. The van der Waals surface area contributed by atoms with Gasteiger partial charge in [-0.3, -0.25) is 9.59 Å². The number of carbonyl (C=O) groups is 2. The normalized spacial score (nSPS) is 21.2. The fraction of sp³-hybridized carbons (Fsp3) is 0.417. The number of carbonyl (C=O) groups excluding carboxylic acids is 2. The van der Waals surface area contributed by atoms with E-state index in [1.165, 1.54) is 11.1 Å². The van der Waals surface area contributed by atoms with E-state index in [-0.39, 0.29) is 23.8 Å². The third-order valence-electron chi connectivity index (χ3n) is 5.97. The first-order valence-electron chi connectivity index (χ1n) is 10.0. The molecule has 4 heteroatoms. The number of fused-ring (bicyclic) bond motifs is 4. The minimum Gasteiger partial charge on any atom is -0.422 e. The first-order valence-corrected chi connectivity index (χ1v) is 10.0. The molecular formula is C24H26O4. The van der Waals surface area contributed by atoms with Gasteiger partial charge in [-0.15, -0.1) is 0 Å². The van der Waals surface area contributed by atoms with Crippen LogP contribution in [0.25, 0.3) is 0 Å². The second kappa shape index (κ2) is 7.08. The number of rotatable bonds is 2. The Morgan fingerprint density at radius 3 is 1.93 bits per heavy atom. The zero-order chi connectivity index (χ0) is 20.0. The number of hydrogen-bond donors (Lipinski definition) is 0. The highest BCUT2D eigenvalue weighted by atomic mass is 16.6. The smallest absolute Gasteiger partial charge is 0.315 e. The van der Waals surface area contributed by atoms with Gasteiger partial charge in [0.25, 0.3) is 0 Å². The Bertz CT molecular complexity index is 942. The van der Waals surface area contributed by atoms with Crippen LogP contribution in [0.1, 0.15) is 49.9 Å². The Morgan fingerprint density at radius 2 is 1.32 bits per heavy atom. The summed E-state index contributed by atoms with van der Waals surface area (Å²) < 4.78 is 11.7. The van der Waals surface area contributed by atoms with Crippen molar-refractivity contribution in [2.24, 2.45) is 23.7 Å². The Kier molecular flexibility index (Phi) is 4.74. The van der Waals surface area contributed by atoms with Crippen molar-refractivity contribution < 1.29 is 19.1 Å². The summed E-state index contributed by atoms with van der Waals surface area (Å²) in [5.74, 6) is -0.985. The summed E-state index contributed by atoms with van der Waals surface area (Å²) in [6, 6.07) is 12.0. The lowest BCUT2D eigenvalue weighted by Gasteiger charge is -2.33. The van der Waals surface area contributed by atoms with E-state index >= 15 is 0 Å². The lowest BCUT2D eigenvalue weighted by Crippen LogP contribution is -2.42. The van der Waals surface area contributed by atoms with E-state index in [4.69, 9.17) is 9.47 Å². The molecule has 28 heavy (non-hydrogen) atoms. The molecule has 1 heterocycles. The maximum atomic E-state index is 13.1. The molecule has 2 atom stereocenters. The summed E-state index contributed by atoms with van der Waals surface area (Å²) in [6.45, 7) is 7.80. The van der Waals surface area contributed by atoms with Gasteiger partial charge in [-0.25, -0.2) is 0 Å². The molecule has 4 nitrogen and oxygen atoms in total. The number of benzene rings is 2. The lowest BCUT2D eigenvalue weighted by molar-refractivity contribution is -0.156. The van der Waals surface area contributed by atoms with Crippen molar-refractivity contribution in [1.82, 2.24) is 0 Å². The average Bonchev–Trinajstić information content (AvgIpc) is 2.64.